The first-order chi connectivity index (χ1) is 15.8. The number of aromatic nitrogens is 3. The molecule has 3 aromatic rings. The molecule has 0 radical (unpaired) electrons. The van der Waals surface area contributed by atoms with Gasteiger partial charge < -0.3 is 20.5 Å². The van der Waals surface area contributed by atoms with Gasteiger partial charge in [0, 0.05) is 29.9 Å². The molecule has 1 atom stereocenters. The summed E-state index contributed by atoms with van der Waals surface area (Å²) in [5.74, 6) is 0.959. The summed E-state index contributed by atoms with van der Waals surface area (Å²) in [7, 11) is -3.15. The van der Waals surface area contributed by atoms with Crippen molar-refractivity contribution < 1.29 is 22.7 Å². The number of amides is 1. The SMILES string of the molecule is Cc1c(-c2cc3cc(NC(=O)O[C@@H]4CCS(=O)(=O)C4)ncc3c(N)n2)cnc2c1NCCO2. The number of nitrogen functional groups attached to an aromatic ring is 1. The van der Waals surface area contributed by atoms with Gasteiger partial charge in [-0.3, -0.25) is 5.32 Å². The minimum absolute atomic E-state index is 0.0207. The molecule has 0 saturated carbocycles. The molecule has 12 heteroatoms. The average Bonchev–Trinajstić information content (AvgIpc) is 3.11. The monoisotopic (exact) mass is 470 g/mol. The Kier molecular flexibility index (Phi) is 5.16. The van der Waals surface area contributed by atoms with Crippen molar-refractivity contribution >= 4 is 44.0 Å². The van der Waals surface area contributed by atoms with Gasteiger partial charge >= 0.3 is 6.09 Å². The van der Waals surface area contributed by atoms with E-state index in [0.717, 1.165) is 16.8 Å². The van der Waals surface area contributed by atoms with Crippen LogP contribution < -0.4 is 21.1 Å². The van der Waals surface area contributed by atoms with Crippen molar-refractivity contribution in [3.8, 4) is 17.1 Å². The summed E-state index contributed by atoms with van der Waals surface area (Å²) in [4.78, 5) is 25.3. The van der Waals surface area contributed by atoms with Crippen LogP contribution in [0.25, 0.3) is 22.0 Å². The maximum Gasteiger partial charge on any atom is 0.413 e. The fourth-order valence-electron chi connectivity index (χ4n) is 4.00. The predicted molar refractivity (Wildman–Crippen MR) is 123 cm³/mol. The largest absolute Gasteiger partial charge is 0.474 e. The zero-order valence-electron chi connectivity index (χ0n) is 17.8. The van der Waals surface area contributed by atoms with E-state index in [2.05, 4.69) is 25.6 Å². The fraction of sp³-hybridized carbons (Fsp3) is 0.333. The number of fused-ring (bicyclic) bond motifs is 2. The van der Waals surface area contributed by atoms with E-state index in [1.807, 2.05) is 13.0 Å². The van der Waals surface area contributed by atoms with Crippen molar-refractivity contribution in [2.45, 2.75) is 19.4 Å². The Morgan fingerprint density at radius 2 is 2.15 bits per heavy atom. The number of carbonyl (C=O) groups excluding carboxylic acids is 1. The number of pyridine rings is 3. The number of nitrogens with one attached hydrogen (secondary N) is 2. The minimum Gasteiger partial charge on any atom is -0.474 e. The van der Waals surface area contributed by atoms with Crippen LogP contribution in [0.3, 0.4) is 0 Å². The maximum absolute atomic E-state index is 12.2. The lowest BCUT2D eigenvalue weighted by molar-refractivity contribution is 0.124. The minimum atomic E-state index is -3.15. The van der Waals surface area contributed by atoms with E-state index in [1.54, 1.807) is 12.3 Å². The summed E-state index contributed by atoms with van der Waals surface area (Å²) in [6, 6.07) is 3.50. The van der Waals surface area contributed by atoms with Crippen LogP contribution >= 0.6 is 0 Å². The summed E-state index contributed by atoms with van der Waals surface area (Å²) >= 11 is 0. The third-order valence-corrected chi connectivity index (χ3v) is 7.40. The van der Waals surface area contributed by atoms with Crippen LogP contribution in [0.1, 0.15) is 12.0 Å². The van der Waals surface area contributed by atoms with Gasteiger partial charge in [-0.2, -0.15) is 0 Å². The Morgan fingerprint density at radius 3 is 2.94 bits per heavy atom. The molecule has 11 nitrogen and oxygen atoms in total. The first-order valence-corrected chi connectivity index (χ1v) is 12.2. The van der Waals surface area contributed by atoms with Crippen molar-refractivity contribution in [2.75, 3.05) is 41.0 Å². The highest BCUT2D eigenvalue weighted by Gasteiger charge is 2.30. The van der Waals surface area contributed by atoms with E-state index >= 15 is 0 Å². The lowest BCUT2D eigenvalue weighted by Crippen LogP contribution is -2.23. The van der Waals surface area contributed by atoms with Gasteiger partial charge in [0.15, 0.2) is 9.84 Å². The van der Waals surface area contributed by atoms with E-state index in [1.165, 1.54) is 6.20 Å². The molecule has 3 aromatic heterocycles. The van der Waals surface area contributed by atoms with Crippen molar-refractivity contribution in [1.29, 1.82) is 0 Å². The van der Waals surface area contributed by atoms with Gasteiger partial charge in [-0.1, -0.05) is 0 Å². The highest BCUT2D eigenvalue weighted by atomic mass is 32.2. The molecular weight excluding hydrogens is 448 g/mol. The van der Waals surface area contributed by atoms with E-state index in [9.17, 15) is 13.2 Å². The van der Waals surface area contributed by atoms with Gasteiger partial charge in [-0.15, -0.1) is 0 Å². The van der Waals surface area contributed by atoms with E-state index < -0.39 is 22.0 Å². The number of hydrogen-bond donors (Lipinski definition) is 3. The topological polar surface area (TPSA) is 158 Å². The third-order valence-electron chi connectivity index (χ3n) is 5.66. The number of nitrogens with two attached hydrogens (primary N) is 1. The Hall–Kier alpha value is -3.67. The molecule has 1 fully saturated rings. The van der Waals surface area contributed by atoms with Crippen molar-refractivity contribution in [3.63, 3.8) is 0 Å². The number of hydrogen-bond acceptors (Lipinski definition) is 10. The van der Waals surface area contributed by atoms with Crippen LogP contribution in [0.15, 0.2) is 24.5 Å². The van der Waals surface area contributed by atoms with Crippen molar-refractivity contribution in [2.24, 2.45) is 0 Å². The van der Waals surface area contributed by atoms with Gasteiger partial charge in [0.05, 0.1) is 17.2 Å². The fourth-order valence-corrected chi connectivity index (χ4v) is 5.59. The second-order valence-electron chi connectivity index (χ2n) is 7.99. The number of carbonyl (C=O) groups is 1. The summed E-state index contributed by atoms with van der Waals surface area (Å²) < 4.78 is 33.9. The summed E-state index contributed by atoms with van der Waals surface area (Å²) in [5, 5.41) is 7.20. The molecule has 5 heterocycles. The van der Waals surface area contributed by atoms with Crippen LogP contribution in [-0.4, -0.2) is 60.2 Å². The van der Waals surface area contributed by atoms with Crippen LogP contribution in [0.2, 0.25) is 0 Å². The maximum atomic E-state index is 12.2. The Labute approximate surface area is 189 Å². The zero-order valence-corrected chi connectivity index (χ0v) is 18.6. The molecule has 33 heavy (non-hydrogen) atoms. The standard InChI is InChI=1S/C21H22N6O5S/c1-11-14(8-25-20-18(11)23-3-4-31-20)16-6-12-7-17(24-9-15(12)19(22)26-16)27-21(28)32-13-2-5-33(29,30)10-13/h6-9,13,23H,2-5,10H2,1H3,(H2,22,26)(H,24,27,28)/t13-/m1/s1. The Balaban J connectivity index is 1.42. The molecule has 4 N–H and O–H groups in total. The van der Waals surface area contributed by atoms with Gasteiger partial charge in [0.1, 0.15) is 30.0 Å². The zero-order chi connectivity index (χ0) is 23.2. The number of ether oxygens (including phenoxy) is 2. The van der Waals surface area contributed by atoms with Gasteiger partial charge in [0.2, 0.25) is 5.88 Å². The Bertz CT molecular complexity index is 1380. The van der Waals surface area contributed by atoms with Crippen molar-refractivity contribution in [1.82, 2.24) is 15.0 Å². The summed E-state index contributed by atoms with van der Waals surface area (Å²) in [6.07, 6.45) is 2.10. The number of nitrogens with zero attached hydrogens (tertiary/aromatic N) is 3. The second-order valence-corrected chi connectivity index (χ2v) is 10.2. The van der Waals surface area contributed by atoms with Gasteiger partial charge in [-0.05, 0) is 36.4 Å². The third kappa shape index (κ3) is 4.21. The molecule has 0 aliphatic carbocycles. The predicted octanol–water partition coefficient (Wildman–Crippen LogP) is 2.12. The smallest absolute Gasteiger partial charge is 0.413 e. The summed E-state index contributed by atoms with van der Waals surface area (Å²) in [5.41, 5.74) is 9.37. The first-order valence-electron chi connectivity index (χ1n) is 10.4. The quantitative estimate of drug-likeness (QED) is 0.517. The van der Waals surface area contributed by atoms with E-state index in [4.69, 9.17) is 15.2 Å². The molecule has 2 aliphatic heterocycles. The summed E-state index contributed by atoms with van der Waals surface area (Å²) in [6.45, 7) is 3.20. The lowest BCUT2D eigenvalue weighted by Gasteiger charge is -2.21. The number of anilines is 3. The van der Waals surface area contributed by atoms with E-state index in [0.29, 0.717) is 47.7 Å². The van der Waals surface area contributed by atoms with E-state index in [-0.39, 0.29) is 17.3 Å². The van der Waals surface area contributed by atoms with Crippen LogP contribution in [0.5, 0.6) is 5.88 Å². The van der Waals surface area contributed by atoms with Crippen molar-refractivity contribution in [3.05, 3.63) is 30.1 Å². The number of rotatable bonds is 3. The molecule has 0 spiro atoms. The van der Waals surface area contributed by atoms with Crippen LogP contribution in [-0.2, 0) is 14.6 Å². The van der Waals surface area contributed by atoms with Crippen LogP contribution in [0, 0.1) is 6.92 Å². The molecule has 0 aromatic carbocycles. The lowest BCUT2D eigenvalue weighted by atomic mass is 10.0. The molecule has 0 unspecified atom stereocenters. The molecule has 2 aliphatic rings. The normalized spacial score (nSPS) is 18.8. The number of sulfone groups is 1. The van der Waals surface area contributed by atoms with Gasteiger partial charge in [0.25, 0.3) is 0 Å². The highest BCUT2D eigenvalue weighted by Crippen LogP contribution is 2.36. The molecule has 1 saturated heterocycles. The molecular formula is C21H22N6O5S. The average molecular weight is 471 g/mol. The van der Waals surface area contributed by atoms with Gasteiger partial charge in [-0.25, -0.2) is 28.2 Å². The molecule has 1 amide bonds. The second kappa shape index (κ2) is 8.03. The Morgan fingerprint density at radius 1 is 1.30 bits per heavy atom. The first kappa shape index (κ1) is 21.2. The molecule has 5 rings (SSSR count). The molecule has 172 valence electrons. The highest BCUT2D eigenvalue weighted by molar-refractivity contribution is 7.91. The molecule has 0 bridgehead atoms. The van der Waals surface area contributed by atoms with Crippen LogP contribution in [0.4, 0.5) is 22.1 Å².